The van der Waals surface area contributed by atoms with E-state index in [1.54, 1.807) is 0 Å². The standard InChI is InChI=1S/C14H22N2O3/c17-13(15-4-2-1-3-5-15)11-10-12(11)14(18)16-6-8-19-9-7-16/h11-12H,1-10H2. The van der Waals surface area contributed by atoms with Gasteiger partial charge in [0, 0.05) is 26.2 Å². The number of rotatable bonds is 2. The van der Waals surface area contributed by atoms with Crippen LogP contribution in [0.4, 0.5) is 0 Å². The van der Waals surface area contributed by atoms with Gasteiger partial charge in [0.1, 0.15) is 0 Å². The van der Waals surface area contributed by atoms with Gasteiger partial charge in [-0.25, -0.2) is 0 Å². The quantitative estimate of drug-likeness (QED) is 0.731. The van der Waals surface area contributed by atoms with Gasteiger partial charge < -0.3 is 14.5 Å². The molecule has 19 heavy (non-hydrogen) atoms. The highest BCUT2D eigenvalue weighted by Crippen LogP contribution is 2.41. The van der Waals surface area contributed by atoms with Crippen LogP contribution in [0.15, 0.2) is 0 Å². The molecule has 3 rings (SSSR count). The van der Waals surface area contributed by atoms with Crippen molar-refractivity contribution >= 4 is 11.8 Å². The summed E-state index contributed by atoms with van der Waals surface area (Å²) in [5, 5.41) is 0. The predicted octanol–water partition coefficient (Wildman–Crippen LogP) is 0.494. The van der Waals surface area contributed by atoms with E-state index in [0.717, 1.165) is 32.4 Å². The van der Waals surface area contributed by atoms with Crippen molar-refractivity contribution in [3.63, 3.8) is 0 Å². The van der Waals surface area contributed by atoms with E-state index < -0.39 is 0 Å². The zero-order valence-corrected chi connectivity index (χ0v) is 11.3. The molecule has 2 heterocycles. The minimum atomic E-state index is -0.0486. The maximum Gasteiger partial charge on any atom is 0.226 e. The molecule has 0 aromatic rings. The Morgan fingerprint density at radius 3 is 1.89 bits per heavy atom. The van der Waals surface area contributed by atoms with Crippen LogP contribution in [0.1, 0.15) is 25.7 Å². The van der Waals surface area contributed by atoms with E-state index >= 15 is 0 Å². The first-order chi connectivity index (χ1) is 9.27. The maximum atomic E-state index is 12.3. The first-order valence-electron chi connectivity index (χ1n) is 7.42. The summed E-state index contributed by atoms with van der Waals surface area (Å²) in [6, 6.07) is 0. The summed E-state index contributed by atoms with van der Waals surface area (Å²) in [6.45, 7) is 4.38. The predicted molar refractivity (Wildman–Crippen MR) is 69.4 cm³/mol. The van der Waals surface area contributed by atoms with Crippen LogP contribution < -0.4 is 0 Å². The van der Waals surface area contributed by atoms with Gasteiger partial charge in [-0.3, -0.25) is 9.59 Å². The van der Waals surface area contributed by atoms with Gasteiger partial charge in [0.2, 0.25) is 11.8 Å². The molecule has 0 aromatic carbocycles. The molecule has 2 unspecified atom stereocenters. The number of nitrogens with zero attached hydrogens (tertiary/aromatic N) is 2. The number of morpholine rings is 1. The van der Waals surface area contributed by atoms with Gasteiger partial charge in [-0.15, -0.1) is 0 Å². The van der Waals surface area contributed by atoms with Gasteiger partial charge >= 0.3 is 0 Å². The van der Waals surface area contributed by atoms with Crippen molar-refractivity contribution in [2.75, 3.05) is 39.4 Å². The maximum absolute atomic E-state index is 12.3. The van der Waals surface area contributed by atoms with E-state index in [9.17, 15) is 9.59 Å². The Hall–Kier alpha value is -1.10. The molecule has 3 fully saturated rings. The summed E-state index contributed by atoms with van der Waals surface area (Å²) in [5.74, 6) is 0.297. The number of hydrogen-bond acceptors (Lipinski definition) is 3. The van der Waals surface area contributed by atoms with Gasteiger partial charge in [-0.05, 0) is 25.7 Å². The van der Waals surface area contributed by atoms with Crippen LogP contribution in [0.25, 0.3) is 0 Å². The lowest BCUT2D eigenvalue weighted by atomic mass is 10.1. The van der Waals surface area contributed by atoms with Crippen molar-refractivity contribution < 1.29 is 14.3 Å². The number of amides is 2. The van der Waals surface area contributed by atoms with Crippen LogP contribution in [0, 0.1) is 11.8 Å². The average molecular weight is 266 g/mol. The number of ether oxygens (including phenoxy) is 1. The number of hydrogen-bond donors (Lipinski definition) is 0. The normalized spacial score (nSPS) is 31.2. The molecule has 0 spiro atoms. The summed E-state index contributed by atoms with van der Waals surface area (Å²) in [5.41, 5.74) is 0. The Morgan fingerprint density at radius 2 is 1.32 bits per heavy atom. The molecule has 2 saturated heterocycles. The Morgan fingerprint density at radius 1 is 0.789 bits per heavy atom. The highest BCUT2D eigenvalue weighted by molar-refractivity contribution is 5.92. The zero-order chi connectivity index (χ0) is 13.2. The highest BCUT2D eigenvalue weighted by atomic mass is 16.5. The lowest BCUT2D eigenvalue weighted by molar-refractivity contribution is -0.140. The largest absolute Gasteiger partial charge is 0.378 e. The van der Waals surface area contributed by atoms with E-state index in [4.69, 9.17) is 4.74 Å². The molecule has 0 aromatic heterocycles. The third-order valence-electron chi connectivity index (χ3n) is 4.42. The molecule has 0 N–H and O–H groups in total. The molecule has 2 amide bonds. The highest BCUT2D eigenvalue weighted by Gasteiger charge is 2.50. The van der Waals surface area contributed by atoms with Crippen molar-refractivity contribution in [2.24, 2.45) is 11.8 Å². The van der Waals surface area contributed by atoms with E-state index in [1.807, 2.05) is 9.80 Å². The van der Waals surface area contributed by atoms with Crippen molar-refractivity contribution in [1.82, 2.24) is 9.80 Å². The molecule has 3 aliphatic rings. The van der Waals surface area contributed by atoms with Gasteiger partial charge in [0.15, 0.2) is 0 Å². The van der Waals surface area contributed by atoms with Crippen LogP contribution in [0.3, 0.4) is 0 Å². The second-order valence-corrected chi connectivity index (χ2v) is 5.77. The van der Waals surface area contributed by atoms with Crippen LogP contribution in [-0.4, -0.2) is 61.0 Å². The molecule has 1 saturated carbocycles. The molecule has 106 valence electrons. The number of carbonyl (C=O) groups excluding carboxylic acids is 2. The molecule has 2 atom stereocenters. The molecule has 2 aliphatic heterocycles. The van der Waals surface area contributed by atoms with Crippen LogP contribution in [0.5, 0.6) is 0 Å². The Kier molecular flexibility index (Phi) is 3.73. The summed E-state index contributed by atoms with van der Waals surface area (Å²) >= 11 is 0. The molecule has 1 aliphatic carbocycles. The third-order valence-corrected chi connectivity index (χ3v) is 4.42. The monoisotopic (exact) mass is 266 g/mol. The van der Waals surface area contributed by atoms with Gasteiger partial charge in [-0.1, -0.05) is 0 Å². The lowest BCUT2D eigenvalue weighted by Crippen LogP contribution is -2.43. The minimum absolute atomic E-state index is 0.0338. The first-order valence-corrected chi connectivity index (χ1v) is 7.42. The molecule has 5 nitrogen and oxygen atoms in total. The summed E-state index contributed by atoms with van der Waals surface area (Å²) in [7, 11) is 0. The molecule has 0 bridgehead atoms. The van der Waals surface area contributed by atoms with E-state index in [-0.39, 0.29) is 23.7 Å². The van der Waals surface area contributed by atoms with Crippen molar-refractivity contribution in [3.05, 3.63) is 0 Å². The van der Waals surface area contributed by atoms with E-state index in [2.05, 4.69) is 0 Å². The van der Waals surface area contributed by atoms with Gasteiger partial charge in [0.05, 0.1) is 25.0 Å². The first kappa shape index (κ1) is 12.9. The number of carbonyl (C=O) groups is 2. The second-order valence-electron chi connectivity index (χ2n) is 5.77. The van der Waals surface area contributed by atoms with Crippen LogP contribution in [0.2, 0.25) is 0 Å². The summed E-state index contributed by atoms with van der Waals surface area (Å²) < 4.78 is 5.25. The molecule has 5 heteroatoms. The van der Waals surface area contributed by atoms with Gasteiger partial charge in [0.25, 0.3) is 0 Å². The van der Waals surface area contributed by atoms with Crippen LogP contribution in [-0.2, 0) is 14.3 Å². The average Bonchev–Trinajstić information content (AvgIpc) is 3.28. The minimum Gasteiger partial charge on any atom is -0.378 e. The summed E-state index contributed by atoms with van der Waals surface area (Å²) in [4.78, 5) is 28.4. The Bertz CT molecular complexity index is 326. The van der Waals surface area contributed by atoms with Crippen molar-refractivity contribution in [3.8, 4) is 0 Å². The number of piperidine rings is 1. The zero-order valence-electron chi connectivity index (χ0n) is 11.3. The fourth-order valence-corrected chi connectivity index (χ4v) is 3.11. The third kappa shape index (κ3) is 2.76. The smallest absolute Gasteiger partial charge is 0.226 e. The van der Waals surface area contributed by atoms with Crippen molar-refractivity contribution in [1.29, 1.82) is 0 Å². The molecular weight excluding hydrogens is 244 g/mol. The topological polar surface area (TPSA) is 49.9 Å². The van der Waals surface area contributed by atoms with E-state index in [1.165, 1.54) is 6.42 Å². The summed E-state index contributed by atoms with van der Waals surface area (Å²) in [6.07, 6.45) is 4.21. The van der Waals surface area contributed by atoms with Crippen molar-refractivity contribution in [2.45, 2.75) is 25.7 Å². The lowest BCUT2D eigenvalue weighted by Gasteiger charge is -2.28. The van der Waals surface area contributed by atoms with Gasteiger partial charge in [-0.2, -0.15) is 0 Å². The molecular formula is C14H22N2O3. The second kappa shape index (κ2) is 5.49. The fourth-order valence-electron chi connectivity index (χ4n) is 3.11. The molecule has 0 radical (unpaired) electrons. The van der Waals surface area contributed by atoms with Crippen LogP contribution >= 0.6 is 0 Å². The SMILES string of the molecule is O=C(C1CC1C(=O)N1CCOCC1)N1CCCCC1. The van der Waals surface area contributed by atoms with E-state index in [0.29, 0.717) is 26.3 Å². The number of likely N-dealkylation sites (tertiary alicyclic amines) is 1. The Balaban J connectivity index is 1.52. The Labute approximate surface area is 113 Å². The fraction of sp³-hybridized carbons (Fsp3) is 0.857.